The van der Waals surface area contributed by atoms with Crippen LogP contribution in [0, 0.1) is 0 Å². The molecular weight excluding hydrogens is 362 g/mol. The average molecular weight is 378 g/mol. The Hall–Kier alpha value is -2.78. The SMILES string of the molecule is CC(C)OCC(Oc1ncnc2c1cnn2-c1ncccc1Cl)C(=O)O. The first kappa shape index (κ1) is 18.0. The molecule has 0 bridgehead atoms. The molecule has 3 rings (SSSR count). The second kappa shape index (κ2) is 7.63. The standard InChI is InChI=1S/C16H16ClN5O4/c1-9(2)25-7-12(16(23)24)26-15-10-6-21-22(13(10)19-8-20-15)14-11(17)4-3-5-18-14/h3-6,8-9,12H,7H2,1-2H3,(H,23,24). The van der Waals surface area contributed by atoms with Crippen molar-refractivity contribution in [3.63, 3.8) is 0 Å². The molecule has 1 unspecified atom stereocenters. The number of halogens is 1. The molecule has 0 aromatic carbocycles. The predicted octanol–water partition coefficient (Wildman–Crippen LogP) is 2.12. The molecule has 10 heteroatoms. The van der Waals surface area contributed by atoms with Gasteiger partial charge in [-0.15, -0.1) is 0 Å². The van der Waals surface area contributed by atoms with Crippen LogP contribution < -0.4 is 4.74 Å². The van der Waals surface area contributed by atoms with Crippen LogP contribution in [0.15, 0.2) is 30.9 Å². The van der Waals surface area contributed by atoms with Crippen LogP contribution >= 0.6 is 11.6 Å². The van der Waals surface area contributed by atoms with Crippen LogP contribution in [0.1, 0.15) is 13.8 Å². The van der Waals surface area contributed by atoms with Crippen LogP contribution in [-0.2, 0) is 9.53 Å². The molecule has 0 spiro atoms. The summed E-state index contributed by atoms with van der Waals surface area (Å²) >= 11 is 6.16. The highest BCUT2D eigenvalue weighted by molar-refractivity contribution is 6.32. The molecule has 1 N–H and O–H groups in total. The van der Waals surface area contributed by atoms with Gasteiger partial charge in [-0.05, 0) is 26.0 Å². The largest absolute Gasteiger partial charge is 0.478 e. The van der Waals surface area contributed by atoms with E-state index in [1.165, 1.54) is 17.2 Å². The molecular formula is C16H16ClN5O4. The summed E-state index contributed by atoms with van der Waals surface area (Å²) in [6.45, 7) is 3.50. The molecule has 0 fully saturated rings. The fraction of sp³-hybridized carbons (Fsp3) is 0.312. The van der Waals surface area contributed by atoms with E-state index in [1.807, 2.05) is 13.8 Å². The number of carboxylic acids is 1. The van der Waals surface area contributed by atoms with Crippen molar-refractivity contribution in [2.45, 2.75) is 26.1 Å². The molecule has 0 aliphatic heterocycles. The molecule has 9 nitrogen and oxygen atoms in total. The molecule has 0 aliphatic carbocycles. The number of carboxylic acid groups (broad SMARTS) is 1. The monoisotopic (exact) mass is 377 g/mol. The third-order valence-corrected chi connectivity index (χ3v) is 3.67. The molecule has 1 atom stereocenters. The molecule has 0 saturated heterocycles. The summed E-state index contributed by atoms with van der Waals surface area (Å²) in [5.41, 5.74) is 0.393. The fourth-order valence-electron chi connectivity index (χ4n) is 2.18. The Bertz CT molecular complexity index is 930. The van der Waals surface area contributed by atoms with Crippen LogP contribution in [0.2, 0.25) is 5.02 Å². The van der Waals surface area contributed by atoms with Gasteiger partial charge in [-0.1, -0.05) is 11.6 Å². The quantitative estimate of drug-likeness (QED) is 0.666. The Morgan fingerprint density at radius 3 is 2.85 bits per heavy atom. The number of fused-ring (bicyclic) bond motifs is 1. The van der Waals surface area contributed by atoms with Crippen molar-refractivity contribution < 1.29 is 19.4 Å². The minimum atomic E-state index is -1.21. The summed E-state index contributed by atoms with van der Waals surface area (Å²) < 4.78 is 12.3. The third kappa shape index (κ3) is 3.73. The predicted molar refractivity (Wildman–Crippen MR) is 92.6 cm³/mol. The molecule has 0 aliphatic rings. The molecule has 0 saturated carbocycles. The van der Waals surface area contributed by atoms with E-state index < -0.39 is 12.1 Å². The number of rotatable bonds is 7. The van der Waals surface area contributed by atoms with Crippen LogP contribution in [0.5, 0.6) is 5.88 Å². The molecule has 3 aromatic heterocycles. The highest BCUT2D eigenvalue weighted by Crippen LogP contribution is 2.26. The van der Waals surface area contributed by atoms with Gasteiger partial charge in [0.1, 0.15) is 11.7 Å². The van der Waals surface area contributed by atoms with Crippen LogP contribution in [0.4, 0.5) is 0 Å². The van der Waals surface area contributed by atoms with E-state index >= 15 is 0 Å². The summed E-state index contributed by atoms with van der Waals surface area (Å²) in [6.07, 6.45) is 2.97. The number of carbonyl (C=O) groups is 1. The minimum absolute atomic E-state index is 0.0908. The number of hydrogen-bond acceptors (Lipinski definition) is 7. The zero-order valence-corrected chi connectivity index (χ0v) is 14.8. The Balaban J connectivity index is 1.95. The zero-order chi connectivity index (χ0) is 18.7. The smallest absolute Gasteiger partial charge is 0.347 e. The summed E-state index contributed by atoms with van der Waals surface area (Å²) in [5.74, 6) is -0.669. The van der Waals surface area contributed by atoms with Crippen LogP contribution in [-0.4, -0.2) is 54.6 Å². The van der Waals surface area contributed by atoms with Crippen molar-refractivity contribution in [3.8, 4) is 11.7 Å². The first-order valence-corrected chi connectivity index (χ1v) is 8.16. The van der Waals surface area contributed by atoms with E-state index in [0.717, 1.165) is 0 Å². The van der Waals surface area contributed by atoms with Gasteiger partial charge in [0, 0.05) is 6.20 Å². The van der Waals surface area contributed by atoms with Crippen molar-refractivity contribution in [2.24, 2.45) is 0 Å². The van der Waals surface area contributed by atoms with Gasteiger partial charge in [-0.2, -0.15) is 9.78 Å². The van der Waals surface area contributed by atoms with E-state index in [9.17, 15) is 9.90 Å². The second-order valence-corrected chi connectivity index (χ2v) is 6.02. The van der Waals surface area contributed by atoms with Crippen molar-refractivity contribution in [1.82, 2.24) is 24.7 Å². The highest BCUT2D eigenvalue weighted by atomic mass is 35.5. The average Bonchev–Trinajstić information content (AvgIpc) is 3.03. The Morgan fingerprint density at radius 2 is 2.15 bits per heavy atom. The van der Waals surface area contributed by atoms with E-state index in [2.05, 4.69) is 20.1 Å². The summed E-state index contributed by atoms with van der Waals surface area (Å²) in [6, 6.07) is 3.38. The molecule has 136 valence electrons. The first-order valence-electron chi connectivity index (χ1n) is 7.78. The fourth-order valence-corrected chi connectivity index (χ4v) is 2.38. The van der Waals surface area contributed by atoms with Gasteiger partial charge >= 0.3 is 5.97 Å². The molecule has 0 radical (unpaired) electrons. The Labute approximate surface area is 153 Å². The lowest BCUT2D eigenvalue weighted by Gasteiger charge is -2.16. The van der Waals surface area contributed by atoms with Crippen LogP contribution in [0.25, 0.3) is 16.9 Å². The maximum Gasteiger partial charge on any atom is 0.347 e. The van der Waals surface area contributed by atoms with E-state index in [0.29, 0.717) is 21.9 Å². The molecule has 0 amide bonds. The molecule has 3 aromatic rings. The highest BCUT2D eigenvalue weighted by Gasteiger charge is 2.23. The van der Waals surface area contributed by atoms with Crippen molar-refractivity contribution >= 4 is 28.6 Å². The summed E-state index contributed by atoms with van der Waals surface area (Å²) in [5, 5.41) is 14.4. The number of hydrogen-bond donors (Lipinski definition) is 1. The number of ether oxygens (including phenoxy) is 2. The number of nitrogens with zero attached hydrogens (tertiary/aromatic N) is 5. The van der Waals surface area contributed by atoms with Gasteiger partial charge in [0.25, 0.3) is 0 Å². The van der Waals surface area contributed by atoms with E-state index in [-0.39, 0.29) is 18.6 Å². The number of pyridine rings is 1. The van der Waals surface area contributed by atoms with Gasteiger partial charge in [-0.3, -0.25) is 0 Å². The maximum atomic E-state index is 11.4. The molecule has 26 heavy (non-hydrogen) atoms. The summed E-state index contributed by atoms with van der Waals surface area (Å²) in [4.78, 5) is 23.8. The van der Waals surface area contributed by atoms with Gasteiger partial charge in [0.2, 0.25) is 12.0 Å². The van der Waals surface area contributed by atoms with Crippen molar-refractivity contribution in [3.05, 3.63) is 35.9 Å². The Morgan fingerprint density at radius 1 is 1.35 bits per heavy atom. The lowest BCUT2D eigenvalue weighted by molar-refractivity contribution is -0.148. The third-order valence-electron chi connectivity index (χ3n) is 3.38. The summed E-state index contributed by atoms with van der Waals surface area (Å²) in [7, 11) is 0. The van der Waals surface area contributed by atoms with Gasteiger partial charge in [-0.25, -0.2) is 19.7 Å². The van der Waals surface area contributed by atoms with Gasteiger partial charge in [0.05, 0.1) is 23.9 Å². The topological polar surface area (TPSA) is 112 Å². The maximum absolute atomic E-state index is 11.4. The minimum Gasteiger partial charge on any atom is -0.478 e. The first-order chi connectivity index (χ1) is 12.5. The van der Waals surface area contributed by atoms with Gasteiger partial charge < -0.3 is 14.6 Å². The number of aliphatic carboxylic acids is 1. The second-order valence-electron chi connectivity index (χ2n) is 5.61. The van der Waals surface area contributed by atoms with Crippen molar-refractivity contribution in [1.29, 1.82) is 0 Å². The molecule has 3 heterocycles. The number of aromatic nitrogens is 5. The van der Waals surface area contributed by atoms with E-state index in [4.69, 9.17) is 21.1 Å². The normalized spacial score (nSPS) is 12.5. The van der Waals surface area contributed by atoms with Crippen LogP contribution in [0.3, 0.4) is 0 Å². The lowest BCUT2D eigenvalue weighted by atomic mass is 10.3. The Kier molecular flexibility index (Phi) is 5.29. The zero-order valence-electron chi connectivity index (χ0n) is 14.0. The van der Waals surface area contributed by atoms with Gasteiger partial charge in [0.15, 0.2) is 11.5 Å². The van der Waals surface area contributed by atoms with Crippen molar-refractivity contribution in [2.75, 3.05) is 6.61 Å². The van der Waals surface area contributed by atoms with E-state index in [1.54, 1.807) is 18.3 Å². The lowest BCUT2D eigenvalue weighted by Crippen LogP contribution is -2.33.